The quantitative estimate of drug-likeness (QED) is 0.486. The van der Waals surface area contributed by atoms with E-state index < -0.39 is 4.92 Å². The summed E-state index contributed by atoms with van der Waals surface area (Å²) >= 11 is 0. The van der Waals surface area contributed by atoms with E-state index in [4.69, 9.17) is 4.52 Å². The molecule has 0 aliphatic heterocycles. The Hall–Kier alpha value is -3.62. The second-order valence-electron chi connectivity index (χ2n) is 6.13. The Kier molecular flexibility index (Phi) is 5.73. The highest BCUT2D eigenvalue weighted by atomic mass is 19.1. The molecule has 0 spiro atoms. The van der Waals surface area contributed by atoms with Gasteiger partial charge in [-0.15, -0.1) is 0 Å². The van der Waals surface area contributed by atoms with Crippen molar-refractivity contribution >= 4 is 17.3 Å². The largest absolute Gasteiger partial charge is 0.339 e. The highest BCUT2D eigenvalue weighted by Crippen LogP contribution is 2.25. The zero-order valence-electron chi connectivity index (χ0n) is 15.0. The number of nitrogens with zero attached hydrogens (tertiary/aromatic N) is 3. The molecule has 1 N–H and O–H groups in total. The van der Waals surface area contributed by atoms with E-state index in [9.17, 15) is 19.3 Å². The molecule has 0 bridgehead atoms. The van der Waals surface area contributed by atoms with Gasteiger partial charge in [0, 0.05) is 24.5 Å². The molecular weight excluding hydrogens is 367 g/mol. The first-order chi connectivity index (χ1) is 13.4. The van der Waals surface area contributed by atoms with Crippen LogP contribution in [0.5, 0.6) is 0 Å². The minimum absolute atomic E-state index is 0.0445. The van der Waals surface area contributed by atoms with Crippen molar-refractivity contribution in [2.24, 2.45) is 0 Å². The van der Waals surface area contributed by atoms with Crippen molar-refractivity contribution in [2.75, 3.05) is 5.32 Å². The summed E-state index contributed by atoms with van der Waals surface area (Å²) in [4.78, 5) is 26.8. The standard InChI is InChI=1S/C19H17FN4O4/c1-12-15(4-2-5-16(12)24(26)27)21-17(25)6-3-7-18-22-19(23-28-18)13-8-10-14(20)11-9-13/h2,4-5,8-11H,3,6-7H2,1H3,(H,21,25). The molecular formula is C19H17FN4O4. The number of benzene rings is 2. The van der Waals surface area contributed by atoms with Crippen molar-refractivity contribution in [3.05, 3.63) is 69.9 Å². The average Bonchev–Trinajstić information content (AvgIpc) is 3.12. The monoisotopic (exact) mass is 384 g/mol. The summed E-state index contributed by atoms with van der Waals surface area (Å²) in [6.45, 7) is 1.59. The molecule has 0 radical (unpaired) electrons. The number of halogens is 1. The van der Waals surface area contributed by atoms with Crippen LogP contribution < -0.4 is 5.32 Å². The van der Waals surface area contributed by atoms with E-state index in [-0.39, 0.29) is 23.8 Å². The highest BCUT2D eigenvalue weighted by Gasteiger charge is 2.15. The maximum Gasteiger partial charge on any atom is 0.274 e. The third-order valence-corrected chi connectivity index (χ3v) is 4.14. The molecule has 3 aromatic rings. The van der Waals surface area contributed by atoms with Crippen LogP contribution in [-0.2, 0) is 11.2 Å². The van der Waals surface area contributed by atoms with E-state index >= 15 is 0 Å². The minimum Gasteiger partial charge on any atom is -0.339 e. The molecule has 0 unspecified atom stereocenters. The van der Waals surface area contributed by atoms with Gasteiger partial charge in [-0.05, 0) is 43.7 Å². The molecule has 1 aromatic heterocycles. The Labute approximate surface area is 159 Å². The number of anilines is 1. The summed E-state index contributed by atoms with van der Waals surface area (Å²) in [6.07, 6.45) is 1.05. The Morgan fingerprint density at radius 1 is 1.25 bits per heavy atom. The van der Waals surface area contributed by atoms with E-state index in [1.165, 1.54) is 24.3 Å². The molecule has 0 atom stereocenters. The number of carbonyl (C=O) groups is 1. The van der Waals surface area contributed by atoms with Gasteiger partial charge in [-0.2, -0.15) is 4.98 Å². The van der Waals surface area contributed by atoms with Crippen molar-refractivity contribution in [1.29, 1.82) is 0 Å². The van der Waals surface area contributed by atoms with Gasteiger partial charge in [-0.1, -0.05) is 11.2 Å². The maximum absolute atomic E-state index is 13.0. The van der Waals surface area contributed by atoms with Crippen LogP contribution in [0.25, 0.3) is 11.4 Å². The molecule has 0 saturated carbocycles. The summed E-state index contributed by atoms with van der Waals surface area (Å²) in [7, 11) is 0. The van der Waals surface area contributed by atoms with Gasteiger partial charge in [-0.25, -0.2) is 4.39 Å². The smallest absolute Gasteiger partial charge is 0.274 e. The Balaban J connectivity index is 1.53. The van der Waals surface area contributed by atoms with Gasteiger partial charge < -0.3 is 9.84 Å². The van der Waals surface area contributed by atoms with Crippen LogP contribution in [-0.4, -0.2) is 21.0 Å². The van der Waals surface area contributed by atoms with Crippen LogP contribution >= 0.6 is 0 Å². The zero-order chi connectivity index (χ0) is 20.1. The topological polar surface area (TPSA) is 111 Å². The summed E-state index contributed by atoms with van der Waals surface area (Å²) in [5.41, 5.74) is 1.41. The van der Waals surface area contributed by atoms with E-state index in [0.717, 1.165) is 0 Å². The lowest BCUT2D eigenvalue weighted by Crippen LogP contribution is -2.13. The summed E-state index contributed by atoms with van der Waals surface area (Å²) in [5.74, 6) is 0.115. The lowest BCUT2D eigenvalue weighted by molar-refractivity contribution is -0.385. The molecule has 0 fully saturated rings. The van der Waals surface area contributed by atoms with Crippen molar-refractivity contribution in [1.82, 2.24) is 10.1 Å². The van der Waals surface area contributed by atoms with Crippen molar-refractivity contribution in [2.45, 2.75) is 26.2 Å². The first kappa shape index (κ1) is 19.2. The lowest BCUT2D eigenvalue weighted by atomic mass is 10.1. The van der Waals surface area contributed by atoms with Crippen LogP contribution in [0.4, 0.5) is 15.8 Å². The van der Waals surface area contributed by atoms with E-state index in [0.29, 0.717) is 41.4 Å². The molecule has 1 amide bonds. The zero-order valence-corrected chi connectivity index (χ0v) is 15.0. The Morgan fingerprint density at radius 2 is 2.00 bits per heavy atom. The number of hydrogen-bond acceptors (Lipinski definition) is 6. The third kappa shape index (κ3) is 4.56. The van der Waals surface area contributed by atoms with Gasteiger partial charge in [-0.3, -0.25) is 14.9 Å². The van der Waals surface area contributed by atoms with Crippen molar-refractivity contribution < 1.29 is 18.6 Å². The van der Waals surface area contributed by atoms with E-state index in [2.05, 4.69) is 15.5 Å². The number of carbonyl (C=O) groups excluding carboxylic acids is 1. The molecule has 2 aromatic carbocycles. The number of nitro benzene ring substituents is 1. The number of hydrogen-bond donors (Lipinski definition) is 1. The molecule has 28 heavy (non-hydrogen) atoms. The second kappa shape index (κ2) is 8.38. The SMILES string of the molecule is Cc1c(NC(=O)CCCc2nc(-c3ccc(F)cc3)no2)cccc1[N+](=O)[O-]. The fourth-order valence-corrected chi connectivity index (χ4v) is 2.64. The number of aromatic nitrogens is 2. The summed E-state index contributed by atoms with van der Waals surface area (Å²) in [6, 6.07) is 10.3. The first-order valence-electron chi connectivity index (χ1n) is 8.56. The van der Waals surface area contributed by atoms with Gasteiger partial charge in [0.05, 0.1) is 16.2 Å². The van der Waals surface area contributed by atoms with Gasteiger partial charge in [0.25, 0.3) is 5.69 Å². The van der Waals surface area contributed by atoms with Gasteiger partial charge in [0.15, 0.2) is 0 Å². The fourth-order valence-electron chi connectivity index (χ4n) is 2.64. The molecule has 8 nitrogen and oxygen atoms in total. The normalized spacial score (nSPS) is 10.6. The molecule has 0 aliphatic carbocycles. The number of amides is 1. The Morgan fingerprint density at radius 3 is 2.71 bits per heavy atom. The third-order valence-electron chi connectivity index (χ3n) is 4.14. The summed E-state index contributed by atoms with van der Waals surface area (Å²) in [5, 5.41) is 17.5. The molecule has 0 saturated heterocycles. The lowest BCUT2D eigenvalue weighted by Gasteiger charge is -2.08. The predicted octanol–water partition coefficient (Wildman–Crippen LogP) is 4.05. The predicted molar refractivity (Wildman–Crippen MR) is 99.1 cm³/mol. The van der Waals surface area contributed by atoms with E-state index in [1.807, 2.05) is 0 Å². The molecule has 3 rings (SSSR count). The molecule has 0 aliphatic rings. The number of nitrogens with one attached hydrogen (secondary N) is 1. The minimum atomic E-state index is -0.487. The van der Waals surface area contributed by atoms with Gasteiger partial charge >= 0.3 is 0 Å². The van der Waals surface area contributed by atoms with Crippen molar-refractivity contribution in [3.63, 3.8) is 0 Å². The average molecular weight is 384 g/mol. The Bertz CT molecular complexity index is 1000. The number of aryl methyl sites for hydroxylation is 1. The van der Waals surface area contributed by atoms with E-state index in [1.54, 1.807) is 25.1 Å². The van der Waals surface area contributed by atoms with Crippen LogP contribution in [0, 0.1) is 22.9 Å². The maximum atomic E-state index is 13.0. The van der Waals surface area contributed by atoms with Crippen LogP contribution in [0.3, 0.4) is 0 Å². The number of nitro groups is 1. The highest BCUT2D eigenvalue weighted by molar-refractivity contribution is 5.92. The van der Waals surface area contributed by atoms with Gasteiger partial charge in [0.2, 0.25) is 17.6 Å². The van der Waals surface area contributed by atoms with Crippen molar-refractivity contribution in [3.8, 4) is 11.4 Å². The van der Waals surface area contributed by atoms with Crippen LogP contribution in [0.15, 0.2) is 47.0 Å². The second-order valence-corrected chi connectivity index (χ2v) is 6.13. The molecule has 144 valence electrons. The first-order valence-corrected chi connectivity index (χ1v) is 8.56. The molecule has 9 heteroatoms. The summed E-state index contributed by atoms with van der Waals surface area (Å²) < 4.78 is 18.1. The number of rotatable bonds is 7. The van der Waals surface area contributed by atoms with Gasteiger partial charge in [0.1, 0.15) is 5.82 Å². The van der Waals surface area contributed by atoms with Crippen LogP contribution in [0.2, 0.25) is 0 Å². The fraction of sp³-hybridized carbons (Fsp3) is 0.211. The van der Waals surface area contributed by atoms with Crippen LogP contribution in [0.1, 0.15) is 24.3 Å². The molecule has 1 heterocycles.